The van der Waals surface area contributed by atoms with Gasteiger partial charge in [-0.2, -0.15) is 13.2 Å². The molecular weight excluding hydrogens is 351 g/mol. The van der Waals surface area contributed by atoms with Gasteiger partial charge in [-0.25, -0.2) is 0 Å². The Morgan fingerprint density at radius 2 is 1.46 bits per heavy atom. The van der Waals surface area contributed by atoms with E-state index in [0.29, 0.717) is 11.3 Å². The van der Waals surface area contributed by atoms with Gasteiger partial charge in [-0.3, -0.25) is 25.2 Å². The molecule has 9 heteroatoms. The van der Waals surface area contributed by atoms with Crippen LogP contribution >= 0.6 is 0 Å². The van der Waals surface area contributed by atoms with Crippen LogP contribution in [0.5, 0.6) is 0 Å². The van der Waals surface area contributed by atoms with Gasteiger partial charge in [0.1, 0.15) is 0 Å². The highest BCUT2D eigenvalue weighted by atomic mass is 19.4. The lowest BCUT2D eigenvalue weighted by atomic mass is 10.1. The van der Waals surface area contributed by atoms with E-state index in [0.717, 1.165) is 5.56 Å². The summed E-state index contributed by atoms with van der Waals surface area (Å²) >= 11 is 0. The number of carbonyl (C=O) groups excluding carboxylic acids is 3. The van der Waals surface area contributed by atoms with Gasteiger partial charge in [0.05, 0.1) is 0 Å². The highest BCUT2D eigenvalue weighted by molar-refractivity contribution is 6.05. The lowest BCUT2D eigenvalue weighted by molar-refractivity contribution is -0.174. The van der Waals surface area contributed by atoms with E-state index < -0.39 is 18.0 Å². The molecule has 3 N–H and O–H groups in total. The summed E-state index contributed by atoms with van der Waals surface area (Å²) in [5.74, 6) is -3.55. The Kier molecular flexibility index (Phi) is 5.61. The van der Waals surface area contributed by atoms with E-state index in [1.165, 1.54) is 29.7 Å². The molecule has 2 aromatic rings. The smallest absolute Gasteiger partial charge is 0.322 e. The first kappa shape index (κ1) is 19.0. The molecule has 0 aliphatic heterocycles. The van der Waals surface area contributed by atoms with Gasteiger partial charge in [0.15, 0.2) is 0 Å². The van der Waals surface area contributed by atoms with Crippen molar-refractivity contribution in [2.45, 2.75) is 13.1 Å². The molecule has 0 aliphatic carbocycles. The Morgan fingerprint density at radius 1 is 0.846 bits per heavy atom. The molecule has 0 radical (unpaired) electrons. The molecule has 0 spiro atoms. The van der Waals surface area contributed by atoms with Gasteiger partial charge in [0, 0.05) is 16.8 Å². The van der Waals surface area contributed by atoms with Crippen molar-refractivity contribution in [1.29, 1.82) is 0 Å². The Balaban J connectivity index is 1.97. The van der Waals surface area contributed by atoms with E-state index in [1.54, 1.807) is 36.6 Å². The minimum absolute atomic E-state index is 0.00126. The summed E-state index contributed by atoms with van der Waals surface area (Å²) in [5.41, 5.74) is 4.60. The number of hydrogen-bond donors (Lipinski definition) is 3. The maximum absolute atomic E-state index is 12.2. The first-order valence-electron chi connectivity index (χ1n) is 7.33. The second-order valence-corrected chi connectivity index (χ2v) is 5.25. The highest BCUT2D eigenvalue weighted by Crippen LogP contribution is 2.15. The molecule has 0 aliphatic rings. The number of halogens is 3. The Morgan fingerprint density at radius 3 is 2.04 bits per heavy atom. The average Bonchev–Trinajstić information content (AvgIpc) is 2.59. The number of rotatable bonds is 3. The maximum Gasteiger partial charge on any atom is 0.472 e. The number of alkyl halides is 3. The topological polar surface area (TPSA) is 87.3 Å². The van der Waals surface area contributed by atoms with Gasteiger partial charge in [-0.05, 0) is 42.8 Å². The Bertz CT molecular complexity index is 833. The minimum atomic E-state index is -5.10. The zero-order chi connectivity index (χ0) is 19.3. The number of benzene rings is 2. The van der Waals surface area contributed by atoms with E-state index in [1.807, 2.05) is 0 Å². The van der Waals surface area contributed by atoms with Crippen LogP contribution in [0.4, 0.5) is 18.9 Å². The van der Waals surface area contributed by atoms with Gasteiger partial charge in [-0.1, -0.05) is 18.2 Å². The number of hydrogen-bond acceptors (Lipinski definition) is 3. The molecule has 26 heavy (non-hydrogen) atoms. The number of nitrogens with one attached hydrogen (secondary N) is 3. The fraction of sp³-hybridized carbons (Fsp3) is 0.118. The Hall–Kier alpha value is -3.36. The lowest BCUT2D eigenvalue weighted by Gasteiger charge is -2.10. The SMILES string of the molecule is Cc1ccccc1C(=O)Nc1ccc(C(=O)NNC(=O)C(F)(F)F)cc1. The summed E-state index contributed by atoms with van der Waals surface area (Å²) in [7, 11) is 0. The van der Waals surface area contributed by atoms with Crippen molar-refractivity contribution < 1.29 is 27.6 Å². The predicted octanol–water partition coefficient (Wildman–Crippen LogP) is 2.57. The molecule has 2 rings (SSSR count). The van der Waals surface area contributed by atoms with Gasteiger partial charge in [0.25, 0.3) is 11.8 Å². The Labute approximate surface area is 146 Å². The van der Waals surface area contributed by atoms with E-state index in [9.17, 15) is 27.6 Å². The normalized spacial score (nSPS) is 10.8. The first-order valence-corrected chi connectivity index (χ1v) is 7.33. The molecule has 0 fully saturated rings. The minimum Gasteiger partial charge on any atom is -0.322 e. The quantitative estimate of drug-likeness (QED) is 0.731. The largest absolute Gasteiger partial charge is 0.472 e. The highest BCUT2D eigenvalue weighted by Gasteiger charge is 2.38. The number of amides is 3. The molecule has 0 saturated heterocycles. The number of carbonyl (C=O) groups is 3. The van der Waals surface area contributed by atoms with Crippen LogP contribution in [0.15, 0.2) is 48.5 Å². The monoisotopic (exact) mass is 365 g/mol. The molecule has 3 amide bonds. The van der Waals surface area contributed by atoms with Crippen LogP contribution in [0, 0.1) is 6.92 Å². The fourth-order valence-corrected chi connectivity index (χ4v) is 1.99. The second kappa shape index (κ2) is 7.68. The summed E-state index contributed by atoms with van der Waals surface area (Å²) in [6, 6.07) is 12.4. The molecule has 0 heterocycles. The van der Waals surface area contributed by atoms with Crippen molar-refractivity contribution in [2.24, 2.45) is 0 Å². The molecule has 0 bridgehead atoms. The molecular formula is C17H14F3N3O3. The third-order valence-corrected chi connectivity index (χ3v) is 3.34. The van der Waals surface area contributed by atoms with Crippen molar-refractivity contribution >= 4 is 23.4 Å². The zero-order valence-electron chi connectivity index (χ0n) is 13.5. The van der Waals surface area contributed by atoms with Crippen LogP contribution in [0.2, 0.25) is 0 Å². The molecule has 2 aromatic carbocycles. The third-order valence-electron chi connectivity index (χ3n) is 3.34. The van der Waals surface area contributed by atoms with E-state index in [2.05, 4.69) is 5.32 Å². The fourth-order valence-electron chi connectivity index (χ4n) is 1.99. The molecule has 0 unspecified atom stereocenters. The van der Waals surface area contributed by atoms with Crippen LogP contribution < -0.4 is 16.2 Å². The van der Waals surface area contributed by atoms with Crippen LogP contribution in [-0.4, -0.2) is 23.9 Å². The van der Waals surface area contributed by atoms with Gasteiger partial charge in [-0.15, -0.1) is 0 Å². The van der Waals surface area contributed by atoms with E-state index >= 15 is 0 Å². The summed E-state index contributed by atoms with van der Waals surface area (Å²) in [6.07, 6.45) is -5.10. The predicted molar refractivity (Wildman–Crippen MR) is 87.2 cm³/mol. The first-order chi connectivity index (χ1) is 12.2. The van der Waals surface area contributed by atoms with Crippen LogP contribution in [-0.2, 0) is 4.79 Å². The standard InChI is InChI=1S/C17H14F3N3O3/c1-10-4-2-3-5-13(10)15(25)21-12-8-6-11(7-9-12)14(24)22-23-16(26)17(18,19)20/h2-9H,1H3,(H,21,25)(H,22,24)(H,23,26). The van der Waals surface area contributed by atoms with Crippen molar-refractivity contribution in [3.05, 3.63) is 65.2 Å². The number of hydrazine groups is 1. The third kappa shape index (κ3) is 4.82. The molecule has 0 aromatic heterocycles. The molecule has 136 valence electrons. The summed E-state index contributed by atoms with van der Waals surface area (Å²) in [4.78, 5) is 34.5. The second-order valence-electron chi connectivity index (χ2n) is 5.25. The van der Waals surface area contributed by atoms with Gasteiger partial charge >= 0.3 is 12.1 Å². The van der Waals surface area contributed by atoms with Crippen molar-refractivity contribution in [3.63, 3.8) is 0 Å². The van der Waals surface area contributed by atoms with E-state index in [4.69, 9.17) is 0 Å². The average molecular weight is 365 g/mol. The van der Waals surface area contributed by atoms with Crippen LogP contribution in [0.1, 0.15) is 26.3 Å². The number of aryl methyl sites for hydroxylation is 1. The summed E-state index contributed by atoms with van der Waals surface area (Å²) in [5, 5.41) is 2.65. The lowest BCUT2D eigenvalue weighted by Crippen LogP contribution is -2.47. The molecule has 0 atom stereocenters. The maximum atomic E-state index is 12.2. The summed E-state index contributed by atoms with van der Waals surface area (Å²) < 4.78 is 36.1. The van der Waals surface area contributed by atoms with Gasteiger partial charge < -0.3 is 5.32 Å². The van der Waals surface area contributed by atoms with Crippen molar-refractivity contribution in [1.82, 2.24) is 10.9 Å². The molecule has 0 saturated carbocycles. The van der Waals surface area contributed by atoms with Gasteiger partial charge in [0.2, 0.25) is 0 Å². The van der Waals surface area contributed by atoms with Crippen molar-refractivity contribution in [2.75, 3.05) is 5.32 Å². The number of anilines is 1. The van der Waals surface area contributed by atoms with Crippen molar-refractivity contribution in [3.8, 4) is 0 Å². The zero-order valence-corrected chi connectivity index (χ0v) is 13.5. The summed E-state index contributed by atoms with van der Waals surface area (Å²) in [6.45, 7) is 1.79. The van der Waals surface area contributed by atoms with Crippen LogP contribution in [0.3, 0.4) is 0 Å². The van der Waals surface area contributed by atoms with E-state index in [-0.39, 0.29) is 11.5 Å². The molecule has 6 nitrogen and oxygen atoms in total. The van der Waals surface area contributed by atoms with Crippen LogP contribution in [0.25, 0.3) is 0 Å².